The standard InChI is InChI=1S/C18H15N3/c1-3-7-15(8-4-1)11-13-17-18(20-21-19-17)14-12-16-9-5-2-6-10-16/h1-14H,(H,19,20,21). The smallest absolute Gasteiger partial charge is 0.112 e. The second-order valence-electron chi connectivity index (χ2n) is 4.58. The number of aromatic nitrogens is 3. The zero-order chi connectivity index (χ0) is 14.3. The lowest BCUT2D eigenvalue weighted by Gasteiger charge is -1.92. The van der Waals surface area contributed by atoms with Gasteiger partial charge in [-0.15, -0.1) is 0 Å². The zero-order valence-electron chi connectivity index (χ0n) is 11.5. The van der Waals surface area contributed by atoms with E-state index in [9.17, 15) is 0 Å². The topological polar surface area (TPSA) is 41.6 Å². The van der Waals surface area contributed by atoms with Gasteiger partial charge in [-0.2, -0.15) is 15.4 Å². The number of H-pyrrole nitrogens is 1. The molecule has 3 rings (SSSR count). The number of hydrogen-bond donors (Lipinski definition) is 1. The summed E-state index contributed by atoms with van der Waals surface area (Å²) in [6.07, 6.45) is 7.97. The average molecular weight is 273 g/mol. The average Bonchev–Trinajstić information content (AvgIpc) is 3.00. The van der Waals surface area contributed by atoms with Crippen LogP contribution in [0.4, 0.5) is 0 Å². The van der Waals surface area contributed by atoms with E-state index in [1.54, 1.807) is 0 Å². The fourth-order valence-electron chi connectivity index (χ4n) is 1.97. The molecule has 21 heavy (non-hydrogen) atoms. The van der Waals surface area contributed by atoms with Crippen molar-refractivity contribution in [1.29, 1.82) is 0 Å². The summed E-state index contributed by atoms with van der Waals surface area (Å²) in [7, 11) is 0. The fraction of sp³-hybridized carbons (Fsp3) is 0. The summed E-state index contributed by atoms with van der Waals surface area (Å²) >= 11 is 0. The van der Waals surface area contributed by atoms with Gasteiger partial charge >= 0.3 is 0 Å². The van der Waals surface area contributed by atoms with Crippen LogP contribution in [0.15, 0.2) is 60.7 Å². The summed E-state index contributed by atoms with van der Waals surface area (Å²) < 4.78 is 0. The van der Waals surface area contributed by atoms with E-state index in [0.717, 1.165) is 22.5 Å². The van der Waals surface area contributed by atoms with Crippen LogP contribution >= 0.6 is 0 Å². The van der Waals surface area contributed by atoms with Crippen LogP contribution in [-0.4, -0.2) is 15.4 Å². The monoisotopic (exact) mass is 273 g/mol. The number of hydrogen-bond acceptors (Lipinski definition) is 2. The predicted octanol–water partition coefficient (Wildman–Crippen LogP) is 4.15. The lowest BCUT2D eigenvalue weighted by atomic mass is 10.1. The molecule has 102 valence electrons. The van der Waals surface area contributed by atoms with Crippen molar-refractivity contribution in [2.24, 2.45) is 0 Å². The number of aromatic amines is 1. The van der Waals surface area contributed by atoms with Crippen LogP contribution in [0.3, 0.4) is 0 Å². The Morgan fingerprint density at radius 2 is 1.00 bits per heavy atom. The number of rotatable bonds is 4. The number of benzene rings is 2. The minimum Gasteiger partial charge on any atom is -0.197 e. The first-order chi connectivity index (χ1) is 10.4. The SMILES string of the molecule is C(=Cc1n[nH]nc1C=Cc1ccccc1)c1ccccc1. The Bertz CT molecular complexity index is 676. The molecular formula is C18H15N3. The van der Waals surface area contributed by atoms with E-state index in [4.69, 9.17) is 0 Å². The van der Waals surface area contributed by atoms with E-state index in [1.807, 2.05) is 60.7 Å². The molecule has 0 aliphatic heterocycles. The van der Waals surface area contributed by atoms with Gasteiger partial charge in [-0.1, -0.05) is 72.8 Å². The molecule has 0 amide bonds. The highest BCUT2D eigenvalue weighted by atomic mass is 15.3. The number of nitrogens with one attached hydrogen (secondary N) is 1. The second-order valence-corrected chi connectivity index (χ2v) is 4.58. The summed E-state index contributed by atoms with van der Waals surface area (Å²) in [5, 5.41) is 11.0. The van der Waals surface area contributed by atoms with Crippen LogP contribution in [0.25, 0.3) is 24.3 Å². The van der Waals surface area contributed by atoms with Gasteiger partial charge in [-0.3, -0.25) is 0 Å². The van der Waals surface area contributed by atoms with Gasteiger partial charge in [-0.05, 0) is 23.3 Å². The summed E-state index contributed by atoms with van der Waals surface area (Å²) in [5.41, 5.74) is 3.93. The molecule has 3 nitrogen and oxygen atoms in total. The third kappa shape index (κ3) is 3.54. The maximum absolute atomic E-state index is 4.17. The molecule has 3 aromatic rings. The Morgan fingerprint density at radius 3 is 1.43 bits per heavy atom. The van der Waals surface area contributed by atoms with Gasteiger partial charge < -0.3 is 0 Å². The molecule has 1 heterocycles. The Morgan fingerprint density at radius 1 is 0.571 bits per heavy atom. The zero-order valence-corrected chi connectivity index (χ0v) is 11.5. The lowest BCUT2D eigenvalue weighted by molar-refractivity contribution is 0.935. The van der Waals surface area contributed by atoms with Crippen molar-refractivity contribution in [3.05, 3.63) is 83.2 Å². The molecule has 1 aromatic heterocycles. The third-order valence-corrected chi connectivity index (χ3v) is 3.07. The van der Waals surface area contributed by atoms with Gasteiger partial charge in [0.05, 0.1) is 0 Å². The fourth-order valence-corrected chi connectivity index (χ4v) is 1.97. The van der Waals surface area contributed by atoms with Crippen LogP contribution in [0, 0.1) is 0 Å². The van der Waals surface area contributed by atoms with E-state index in [1.165, 1.54) is 0 Å². The minimum absolute atomic E-state index is 0.825. The summed E-state index contributed by atoms with van der Waals surface area (Å²) in [6.45, 7) is 0. The quantitative estimate of drug-likeness (QED) is 0.776. The highest BCUT2D eigenvalue weighted by molar-refractivity contribution is 5.76. The Kier molecular flexibility index (Phi) is 4.03. The van der Waals surface area contributed by atoms with Crippen molar-refractivity contribution < 1.29 is 0 Å². The second kappa shape index (κ2) is 6.48. The molecule has 0 spiro atoms. The molecule has 0 fully saturated rings. The van der Waals surface area contributed by atoms with Crippen molar-refractivity contribution in [3.63, 3.8) is 0 Å². The lowest BCUT2D eigenvalue weighted by Crippen LogP contribution is -1.78. The Hall–Kier alpha value is -2.94. The van der Waals surface area contributed by atoms with Crippen LogP contribution in [-0.2, 0) is 0 Å². The molecular weight excluding hydrogens is 258 g/mol. The van der Waals surface area contributed by atoms with Crippen LogP contribution in [0.5, 0.6) is 0 Å². The molecule has 2 aromatic carbocycles. The van der Waals surface area contributed by atoms with Gasteiger partial charge in [0, 0.05) is 0 Å². The van der Waals surface area contributed by atoms with E-state index >= 15 is 0 Å². The van der Waals surface area contributed by atoms with Crippen molar-refractivity contribution in [3.8, 4) is 0 Å². The highest BCUT2D eigenvalue weighted by Gasteiger charge is 2.00. The van der Waals surface area contributed by atoms with Gasteiger partial charge in [-0.25, -0.2) is 0 Å². The first kappa shape index (κ1) is 13.1. The van der Waals surface area contributed by atoms with Gasteiger partial charge in [0.15, 0.2) is 0 Å². The van der Waals surface area contributed by atoms with E-state index in [-0.39, 0.29) is 0 Å². The van der Waals surface area contributed by atoms with E-state index in [0.29, 0.717) is 0 Å². The van der Waals surface area contributed by atoms with Gasteiger partial charge in [0.1, 0.15) is 11.4 Å². The van der Waals surface area contributed by atoms with Crippen molar-refractivity contribution in [2.45, 2.75) is 0 Å². The predicted molar refractivity (Wildman–Crippen MR) is 87.1 cm³/mol. The van der Waals surface area contributed by atoms with Crippen LogP contribution in [0.1, 0.15) is 22.5 Å². The molecule has 0 radical (unpaired) electrons. The maximum Gasteiger partial charge on any atom is 0.112 e. The molecule has 0 atom stereocenters. The van der Waals surface area contributed by atoms with Crippen LogP contribution in [0.2, 0.25) is 0 Å². The van der Waals surface area contributed by atoms with Gasteiger partial charge in [0.25, 0.3) is 0 Å². The minimum atomic E-state index is 0.825. The molecule has 0 bridgehead atoms. The van der Waals surface area contributed by atoms with Gasteiger partial charge in [0.2, 0.25) is 0 Å². The molecule has 1 N–H and O–H groups in total. The summed E-state index contributed by atoms with van der Waals surface area (Å²) in [6, 6.07) is 20.3. The molecule has 0 aliphatic carbocycles. The summed E-state index contributed by atoms with van der Waals surface area (Å²) in [4.78, 5) is 0. The Labute approximate surface area is 123 Å². The largest absolute Gasteiger partial charge is 0.197 e. The van der Waals surface area contributed by atoms with E-state index < -0.39 is 0 Å². The molecule has 0 saturated carbocycles. The normalized spacial score (nSPS) is 11.4. The molecule has 0 unspecified atom stereocenters. The molecule has 0 saturated heterocycles. The third-order valence-electron chi connectivity index (χ3n) is 3.07. The maximum atomic E-state index is 4.17. The van der Waals surface area contributed by atoms with Crippen LogP contribution < -0.4 is 0 Å². The van der Waals surface area contributed by atoms with E-state index in [2.05, 4.69) is 39.7 Å². The summed E-state index contributed by atoms with van der Waals surface area (Å²) in [5.74, 6) is 0. The first-order valence-corrected chi connectivity index (χ1v) is 6.79. The van der Waals surface area contributed by atoms with Crippen molar-refractivity contribution >= 4 is 24.3 Å². The van der Waals surface area contributed by atoms with Crippen molar-refractivity contribution in [2.75, 3.05) is 0 Å². The molecule has 3 heteroatoms. The first-order valence-electron chi connectivity index (χ1n) is 6.79. The van der Waals surface area contributed by atoms with Crippen molar-refractivity contribution in [1.82, 2.24) is 15.4 Å². The number of nitrogens with zero attached hydrogens (tertiary/aromatic N) is 2. The Balaban J connectivity index is 1.78. The highest BCUT2D eigenvalue weighted by Crippen LogP contribution is 2.12. The molecule has 0 aliphatic rings.